The van der Waals surface area contributed by atoms with E-state index in [0.29, 0.717) is 5.02 Å². The standard InChI is InChI=1S/C13H7ClINOS/c14-8-2-4-10-12(6-8)18-13(16-10)7-1-3-9(15)11(17)5-7/h1-6,17H. The van der Waals surface area contributed by atoms with Gasteiger partial charge in [-0.1, -0.05) is 17.7 Å². The van der Waals surface area contributed by atoms with Crippen molar-refractivity contribution in [2.24, 2.45) is 0 Å². The lowest BCUT2D eigenvalue weighted by atomic mass is 10.2. The molecule has 0 amide bonds. The Labute approximate surface area is 126 Å². The van der Waals surface area contributed by atoms with Crippen molar-refractivity contribution in [2.75, 3.05) is 0 Å². The molecule has 0 saturated carbocycles. The van der Waals surface area contributed by atoms with Gasteiger partial charge in [-0.05, 0) is 52.9 Å². The van der Waals surface area contributed by atoms with Gasteiger partial charge >= 0.3 is 0 Å². The molecule has 0 aliphatic heterocycles. The number of benzene rings is 2. The van der Waals surface area contributed by atoms with Gasteiger partial charge in [0.25, 0.3) is 0 Å². The summed E-state index contributed by atoms with van der Waals surface area (Å²) in [6, 6.07) is 11.2. The van der Waals surface area contributed by atoms with Gasteiger partial charge in [0.05, 0.1) is 13.8 Å². The first kappa shape index (κ1) is 12.2. The molecule has 3 aromatic rings. The van der Waals surface area contributed by atoms with Gasteiger partial charge in [0.15, 0.2) is 0 Å². The van der Waals surface area contributed by atoms with Gasteiger partial charge < -0.3 is 5.11 Å². The third kappa shape index (κ3) is 2.20. The van der Waals surface area contributed by atoms with E-state index in [2.05, 4.69) is 27.6 Å². The van der Waals surface area contributed by atoms with E-state index >= 15 is 0 Å². The Bertz CT molecular complexity index is 741. The largest absolute Gasteiger partial charge is 0.507 e. The van der Waals surface area contributed by atoms with E-state index in [4.69, 9.17) is 11.6 Å². The summed E-state index contributed by atoms with van der Waals surface area (Å²) in [4.78, 5) is 4.54. The van der Waals surface area contributed by atoms with Gasteiger partial charge in [0.1, 0.15) is 10.8 Å². The maximum absolute atomic E-state index is 9.73. The zero-order chi connectivity index (χ0) is 12.7. The number of phenols is 1. The van der Waals surface area contributed by atoms with Crippen LogP contribution >= 0.6 is 45.5 Å². The van der Waals surface area contributed by atoms with Crippen molar-refractivity contribution in [3.63, 3.8) is 0 Å². The number of fused-ring (bicyclic) bond motifs is 1. The summed E-state index contributed by atoms with van der Waals surface area (Å²) in [7, 11) is 0. The van der Waals surface area contributed by atoms with Crippen molar-refractivity contribution < 1.29 is 5.11 Å². The molecule has 5 heteroatoms. The van der Waals surface area contributed by atoms with E-state index in [-0.39, 0.29) is 5.75 Å². The van der Waals surface area contributed by atoms with Crippen LogP contribution in [0.5, 0.6) is 5.75 Å². The van der Waals surface area contributed by atoms with Crippen molar-refractivity contribution in [3.8, 4) is 16.3 Å². The maximum Gasteiger partial charge on any atom is 0.129 e. The summed E-state index contributed by atoms with van der Waals surface area (Å²) in [5.41, 5.74) is 1.85. The van der Waals surface area contributed by atoms with Crippen LogP contribution in [0, 0.1) is 3.57 Å². The normalized spacial score (nSPS) is 11.0. The van der Waals surface area contributed by atoms with E-state index in [0.717, 1.165) is 24.4 Å². The average molecular weight is 388 g/mol. The van der Waals surface area contributed by atoms with Crippen molar-refractivity contribution >= 4 is 55.7 Å². The number of rotatable bonds is 1. The fourth-order valence-electron chi connectivity index (χ4n) is 1.67. The van der Waals surface area contributed by atoms with Crippen LogP contribution in [0.25, 0.3) is 20.8 Å². The molecule has 1 heterocycles. The van der Waals surface area contributed by atoms with Crippen LogP contribution in [-0.2, 0) is 0 Å². The summed E-state index contributed by atoms with van der Waals surface area (Å²) in [5, 5.41) is 11.3. The highest BCUT2D eigenvalue weighted by molar-refractivity contribution is 14.1. The molecular formula is C13H7ClINOS. The number of hydrogen-bond donors (Lipinski definition) is 1. The van der Waals surface area contributed by atoms with Gasteiger partial charge in [-0.3, -0.25) is 0 Å². The summed E-state index contributed by atoms with van der Waals surface area (Å²) < 4.78 is 1.89. The molecule has 0 saturated heterocycles. The van der Waals surface area contributed by atoms with E-state index in [9.17, 15) is 5.11 Å². The Hall–Kier alpha value is -0.850. The Morgan fingerprint density at radius 1 is 1.17 bits per heavy atom. The van der Waals surface area contributed by atoms with Crippen LogP contribution in [-0.4, -0.2) is 10.1 Å². The highest BCUT2D eigenvalue weighted by Crippen LogP contribution is 2.34. The molecule has 0 atom stereocenters. The number of aromatic nitrogens is 1. The van der Waals surface area contributed by atoms with Crippen molar-refractivity contribution in [3.05, 3.63) is 45.0 Å². The Kier molecular flexibility index (Phi) is 3.17. The number of hydrogen-bond acceptors (Lipinski definition) is 3. The molecular weight excluding hydrogens is 381 g/mol. The number of thiazole rings is 1. The van der Waals surface area contributed by atoms with Crippen LogP contribution in [0.1, 0.15) is 0 Å². The predicted octanol–water partition coefficient (Wildman–Crippen LogP) is 4.93. The lowest BCUT2D eigenvalue weighted by Crippen LogP contribution is -1.78. The Morgan fingerprint density at radius 2 is 2.00 bits per heavy atom. The van der Waals surface area contributed by atoms with Crippen molar-refractivity contribution in [2.45, 2.75) is 0 Å². The predicted molar refractivity (Wildman–Crippen MR) is 84.4 cm³/mol. The van der Waals surface area contributed by atoms with E-state index < -0.39 is 0 Å². The van der Waals surface area contributed by atoms with Crippen LogP contribution in [0.15, 0.2) is 36.4 Å². The van der Waals surface area contributed by atoms with Crippen LogP contribution in [0.4, 0.5) is 0 Å². The molecule has 0 unspecified atom stereocenters. The second-order valence-electron chi connectivity index (χ2n) is 3.80. The molecule has 2 aromatic carbocycles. The van der Waals surface area contributed by atoms with Crippen LogP contribution in [0.3, 0.4) is 0 Å². The minimum Gasteiger partial charge on any atom is -0.507 e. The summed E-state index contributed by atoms with van der Waals surface area (Å²) in [6.07, 6.45) is 0. The fourth-order valence-corrected chi connectivity index (χ4v) is 3.24. The Balaban J connectivity index is 2.16. The highest BCUT2D eigenvalue weighted by atomic mass is 127. The first-order valence-corrected chi connectivity index (χ1v) is 7.46. The molecule has 1 N–H and O–H groups in total. The quantitative estimate of drug-likeness (QED) is 0.601. The minimum absolute atomic E-state index is 0.283. The summed E-state index contributed by atoms with van der Waals surface area (Å²) >= 11 is 9.62. The molecule has 1 aromatic heterocycles. The number of phenolic OH excluding ortho intramolecular Hbond substituents is 1. The number of halogens is 2. The fraction of sp³-hybridized carbons (Fsp3) is 0. The molecule has 0 radical (unpaired) electrons. The lowest BCUT2D eigenvalue weighted by molar-refractivity contribution is 0.472. The van der Waals surface area contributed by atoms with Crippen molar-refractivity contribution in [1.29, 1.82) is 0 Å². The third-order valence-corrected chi connectivity index (χ3v) is 4.76. The van der Waals surface area contributed by atoms with Crippen LogP contribution < -0.4 is 0 Å². The van der Waals surface area contributed by atoms with E-state index in [1.165, 1.54) is 0 Å². The molecule has 0 aliphatic carbocycles. The highest BCUT2D eigenvalue weighted by Gasteiger charge is 2.08. The molecule has 0 spiro atoms. The summed E-state index contributed by atoms with van der Waals surface area (Å²) in [5.74, 6) is 0.283. The van der Waals surface area contributed by atoms with Gasteiger partial charge in [0.2, 0.25) is 0 Å². The van der Waals surface area contributed by atoms with Gasteiger partial charge in [0, 0.05) is 10.6 Å². The SMILES string of the molecule is Oc1cc(-c2nc3ccc(Cl)cc3s2)ccc1I. The molecule has 2 nitrogen and oxygen atoms in total. The van der Waals surface area contributed by atoms with E-state index in [1.807, 2.05) is 30.3 Å². The number of aromatic hydroxyl groups is 1. The molecule has 18 heavy (non-hydrogen) atoms. The molecule has 0 bridgehead atoms. The smallest absolute Gasteiger partial charge is 0.129 e. The topological polar surface area (TPSA) is 33.1 Å². The van der Waals surface area contributed by atoms with Gasteiger partial charge in [-0.15, -0.1) is 11.3 Å². The monoisotopic (exact) mass is 387 g/mol. The second-order valence-corrected chi connectivity index (χ2v) is 6.43. The maximum atomic E-state index is 9.73. The summed E-state index contributed by atoms with van der Waals surface area (Å²) in [6.45, 7) is 0. The van der Waals surface area contributed by atoms with Crippen LogP contribution in [0.2, 0.25) is 5.02 Å². The first-order valence-electron chi connectivity index (χ1n) is 5.18. The zero-order valence-corrected chi connectivity index (χ0v) is 12.8. The number of nitrogens with zero attached hydrogens (tertiary/aromatic N) is 1. The van der Waals surface area contributed by atoms with Gasteiger partial charge in [-0.2, -0.15) is 0 Å². The van der Waals surface area contributed by atoms with E-state index in [1.54, 1.807) is 17.4 Å². The average Bonchev–Trinajstić information content (AvgIpc) is 2.75. The second kappa shape index (κ2) is 4.68. The molecule has 0 aliphatic rings. The zero-order valence-electron chi connectivity index (χ0n) is 9.02. The van der Waals surface area contributed by atoms with Gasteiger partial charge in [-0.25, -0.2) is 4.98 Å². The molecule has 90 valence electrons. The lowest BCUT2D eigenvalue weighted by Gasteiger charge is -1.99. The first-order chi connectivity index (χ1) is 8.63. The molecule has 0 fully saturated rings. The minimum atomic E-state index is 0.283. The Morgan fingerprint density at radius 3 is 2.78 bits per heavy atom. The molecule has 3 rings (SSSR count). The third-order valence-electron chi connectivity index (χ3n) is 2.54. The van der Waals surface area contributed by atoms with Crippen molar-refractivity contribution in [1.82, 2.24) is 4.98 Å².